The molecule has 0 bridgehead atoms. The van der Waals surface area contributed by atoms with Crippen LogP contribution in [-0.2, 0) is 0 Å². The lowest BCUT2D eigenvalue weighted by molar-refractivity contribution is 0.0658. The van der Waals surface area contributed by atoms with E-state index in [0.29, 0.717) is 0 Å². The molecule has 0 aliphatic carbocycles. The fourth-order valence-corrected chi connectivity index (χ4v) is 1.82. The highest BCUT2D eigenvalue weighted by Gasteiger charge is 2.27. The van der Waals surface area contributed by atoms with Gasteiger partial charge in [0.25, 0.3) is 0 Å². The molecule has 1 fully saturated rings. The van der Waals surface area contributed by atoms with Crippen molar-refractivity contribution in [2.45, 2.75) is 20.3 Å². The Kier molecular flexibility index (Phi) is 4.20. The molecule has 2 heteroatoms. The molecule has 78 valence electrons. The van der Waals surface area contributed by atoms with Crippen LogP contribution in [0.5, 0.6) is 0 Å². The van der Waals surface area contributed by atoms with Crippen molar-refractivity contribution >= 4 is 0 Å². The van der Waals surface area contributed by atoms with E-state index in [2.05, 4.69) is 37.7 Å². The Hall–Kier alpha value is -0.0800. The van der Waals surface area contributed by atoms with Crippen LogP contribution in [0.3, 0.4) is 0 Å². The van der Waals surface area contributed by atoms with Crippen LogP contribution in [0.25, 0.3) is 0 Å². The van der Waals surface area contributed by atoms with Gasteiger partial charge in [0.1, 0.15) is 0 Å². The number of hydrogen-bond donors (Lipinski definition) is 0. The molecule has 0 aromatic carbocycles. The van der Waals surface area contributed by atoms with E-state index < -0.39 is 0 Å². The highest BCUT2D eigenvalue weighted by molar-refractivity contribution is 4.81. The minimum atomic E-state index is 0.880. The second-order valence-electron chi connectivity index (χ2n) is 4.92. The van der Waals surface area contributed by atoms with E-state index in [9.17, 15) is 0 Å². The van der Waals surface area contributed by atoms with Crippen LogP contribution in [0.4, 0.5) is 0 Å². The van der Waals surface area contributed by atoms with Gasteiger partial charge in [0.05, 0.1) is 0 Å². The van der Waals surface area contributed by atoms with Crippen molar-refractivity contribution in [3.8, 4) is 0 Å². The molecule has 0 amide bonds. The Morgan fingerprint density at radius 3 is 2.38 bits per heavy atom. The van der Waals surface area contributed by atoms with Gasteiger partial charge in [-0.1, -0.05) is 13.8 Å². The first-order chi connectivity index (χ1) is 6.09. The van der Waals surface area contributed by atoms with E-state index in [4.69, 9.17) is 0 Å². The minimum Gasteiger partial charge on any atom is -0.309 e. The normalized spacial score (nSPS) is 19.8. The molecule has 0 radical (unpaired) electrons. The van der Waals surface area contributed by atoms with Crippen LogP contribution >= 0.6 is 0 Å². The van der Waals surface area contributed by atoms with Crippen LogP contribution in [0.2, 0.25) is 0 Å². The molecular weight excluding hydrogens is 160 g/mol. The molecule has 0 atom stereocenters. The average molecular weight is 184 g/mol. The fraction of sp³-hybridized carbons (Fsp3) is 1.00. The zero-order chi connectivity index (χ0) is 9.84. The van der Waals surface area contributed by atoms with Crippen LogP contribution in [0.1, 0.15) is 20.3 Å². The summed E-state index contributed by atoms with van der Waals surface area (Å²) >= 11 is 0. The predicted molar refractivity (Wildman–Crippen MR) is 57.9 cm³/mol. The van der Waals surface area contributed by atoms with Crippen molar-refractivity contribution in [3.63, 3.8) is 0 Å². The van der Waals surface area contributed by atoms with Gasteiger partial charge in [-0.2, -0.15) is 0 Å². The fourth-order valence-electron chi connectivity index (χ4n) is 1.82. The molecule has 1 rings (SSSR count). The second kappa shape index (κ2) is 4.97. The lowest BCUT2D eigenvalue weighted by Crippen LogP contribution is -2.49. The summed E-state index contributed by atoms with van der Waals surface area (Å²) in [5, 5.41) is 0. The van der Waals surface area contributed by atoms with Crippen molar-refractivity contribution in [1.29, 1.82) is 0 Å². The molecule has 2 nitrogen and oxygen atoms in total. The largest absolute Gasteiger partial charge is 0.309 e. The third-order valence-corrected chi connectivity index (χ3v) is 3.01. The number of likely N-dealkylation sites (tertiary alicyclic amines) is 1. The summed E-state index contributed by atoms with van der Waals surface area (Å²) in [7, 11) is 4.29. The zero-order valence-corrected chi connectivity index (χ0v) is 9.58. The summed E-state index contributed by atoms with van der Waals surface area (Å²) in [5.41, 5.74) is 0. The molecule has 0 aromatic heterocycles. The van der Waals surface area contributed by atoms with Crippen LogP contribution in [0.15, 0.2) is 0 Å². The monoisotopic (exact) mass is 184 g/mol. The highest BCUT2D eigenvalue weighted by atomic mass is 15.2. The quantitative estimate of drug-likeness (QED) is 0.639. The van der Waals surface area contributed by atoms with Crippen molar-refractivity contribution in [3.05, 3.63) is 0 Å². The van der Waals surface area contributed by atoms with Gasteiger partial charge in [-0.05, 0) is 45.4 Å². The van der Waals surface area contributed by atoms with E-state index in [1.54, 1.807) is 0 Å². The first kappa shape index (κ1) is 11.0. The highest BCUT2D eigenvalue weighted by Crippen LogP contribution is 2.22. The van der Waals surface area contributed by atoms with Gasteiger partial charge in [-0.3, -0.25) is 0 Å². The molecule has 0 saturated carbocycles. The Bertz CT molecular complexity index is 137. The van der Waals surface area contributed by atoms with Crippen LogP contribution < -0.4 is 0 Å². The first-order valence-corrected chi connectivity index (χ1v) is 5.46. The maximum absolute atomic E-state index is 2.58. The summed E-state index contributed by atoms with van der Waals surface area (Å²) in [4.78, 5) is 4.84. The summed E-state index contributed by atoms with van der Waals surface area (Å²) in [5.74, 6) is 1.85. The second-order valence-corrected chi connectivity index (χ2v) is 4.92. The summed E-state index contributed by atoms with van der Waals surface area (Å²) in [6.07, 6.45) is 1.32. The van der Waals surface area contributed by atoms with Crippen molar-refractivity contribution in [2.24, 2.45) is 11.8 Å². The zero-order valence-electron chi connectivity index (χ0n) is 9.58. The van der Waals surface area contributed by atoms with Gasteiger partial charge in [-0.25, -0.2) is 0 Å². The van der Waals surface area contributed by atoms with Crippen molar-refractivity contribution in [1.82, 2.24) is 9.80 Å². The smallest absolute Gasteiger partial charge is 0.00245 e. The maximum atomic E-state index is 2.58. The third kappa shape index (κ3) is 3.65. The topological polar surface area (TPSA) is 6.48 Å². The minimum absolute atomic E-state index is 0.880. The van der Waals surface area contributed by atoms with E-state index in [0.717, 1.165) is 11.8 Å². The number of hydrogen-bond acceptors (Lipinski definition) is 2. The average Bonchev–Trinajstić information content (AvgIpc) is 1.92. The van der Waals surface area contributed by atoms with E-state index in [1.807, 2.05) is 0 Å². The standard InChI is InChI=1S/C11H24N2/c1-10(2)11-8-13(9-11)7-5-6-12(3)4/h10-11H,5-9H2,1-4H3. The molecule has 1 saturated heterocycles. The molecule has 1 aliphatic heterocycles. The lowest BCUT2D eigenvalue weighted by Gasteiger charge is -2.41. The van der Waals surface area contributed by atoms with E-state index in [-0.39, 0.29) is 0 Å². The Balaban J connectivity index is 1.96. The van der Waals surface area contributed by atoms with Gasteiger partial charge in [-0.15, -0.1) is 0 Å². The number of rotatable bonds is 5. The maximum Gasteiger partial charge on any atom is 0.00245 e. The van der Waals surface area contributed by atoms with Crippen LogP contribution in [-0.4, -0.2) is 50.1 Å². The van der Waals surface area contributed by atoms with Crippen molar-refractivity contribution in [2.75, 3.05) is 40.3 Å². The SMILES string of the molecule is CC(C)C1CN(CCCN(C)C)C1. The molecule has 1 heterocycles. The molecule has 0 N–H and O–H groups in total. The lowest BCUT2D eigenvalue weighted by atomic mass is 9.88. The molecule has 0 spiro atoms. The van der Waals surface area contributed by atoms with E-state index >= 15 is 0 Å². The summed E-state index contributed by atoms with van der Waals surface area (Å²) < 4.78 is 0. The summed E-state index contributed by atoms with van der Waals surface area (Å²) in [6.45, 7) is 9.87. The molecule has 0 unspecified atom stereocenters. The molecule has 13 heavy (non-hydrogen) atoms. The molecular formula is C11H24N2. The Morgan fingerprint density at radius 1 is 1.31 bits per heavy atom. The first-order valence-electron chi connectivity index (χ1n) is 5.46. The predicted octanol–water partition coefficient (Wildman–Crippen LogP) is 1.53. The van der Waals surface area contributed by atoms with Gasteiger partial charge in [0, 0.05) is 13.1 Å². The summed E-state index contributed by atoms with van der Waals surface area (Å²) in [6, 6.07) is 0. The van der Waals surface area contributed by atoms with Crippen molar-refractivity contribution < 1.29 is 0 Å². The molecule has 0 aromatic rings. The molecule has 1 aliphatic rings. The van der Waals surface area contributed by atoms with Gasteiger partial charge in [0.2, 0.25) is 0 Å². The van der Waals surface area contributed by atoms with Crippen LogP contribution in [0, 0.1) is 11.8 Å². The van der Waals surface area contributed by atoms with Gasteiger partial charge < -0.3 is 9.80 Å². The van der Waals surface area contributed by atoms with Gasteiger partial charge in [0.15, 0.2) is 0 Å². The van der Waals surface area contributed by atoms with Gasteiger partial charge >= 0.3 is 0 Å². The Labute approximate surface area is 82.9 Å². The third-order valence-electron chi connectivity index (χ3n) is 3.01. The number of nitrogens with zero attached hydrogens (tertiary/aromatic N) is 2. The Morgan fingerprint density at radius 2 is 1.92 bits per heavy atom. The van der Waals surface area contributed by atoms with E-state index in [1.165, 1.54) is 32.6 Å².